The molecule has 127 heavy (non-hydrogen) atoms. The van der Waals surface area contributed by atoms with Crippen molar-refractivity contribution in [2.75, 3.05) is 98.2 Å². The van der Waals surface area contributed by atoms with E-state index >= 15 is 0 Å². The first-order chi connectivity index (χ1) is 61.1. The molecular weight excluding hydrogens is 1590 g/mol. The first kappa shape index (κ1) is 107. The Bertz CT molecular complexity index is 3950. The standard InChI is InChI=1S/3C14H21N.2C13H18ClN.2C13H19N.C8H17N.C7H15N.C6H13N/c1-11(2)15-10-6-9-14(15)13-8-5-4-7-12(13)3;1-12(2)15-10-6-9-14(15)11-13-7-4-3-5-8-13;1-12(2)15-9-8-14(11-15)10-13-6-4-3-5-7-13;1-10(2)15-8-4-7-13(15)11-5-3-6-12(14)9-11;1-10(2)15-9-3-4-13(15)11-5-7-12(14)8-6-11;1-11(2)14-10-6-9-13(14)12-7-4-3-5-8-12;1-11(2)14-9-8-13(10-14)12-6-4-3-5-7-12;1-8(2)9-6-4-3-5-7-9;1-7(2)8-5-3-4-6-8;1-6(2)7-4-3-5-7/h4-5,7-8,11,14H,6,9-10H2,1-3H3;3-5,7-8,12,14H,6,9-11H2,1-2H3;3-7,12,14H,8-11H2,1-2H3;3,5-6,9-10,13H,4,7-8H2,1-2H3;5-8,10,13H,3-4,9H2,1-2H3;3-5,7-8,11,13H,6,9-10H2,1-2H3;3-7,11,13H,8-10H2,1-2H3;8H,3-7H2,1-2H3;7H,3-6H2,1-2H3;6H,3-5H2,1-2H3. The van der Waals surface area contributed by atoms with Crippen LogP contribution in [0.3, 0.4) is 0 Å². The third-order valence-corrected chi connectivity index (χ3v) is 29.2. The van der Waals surface area contributed by atoms with Crippen LogP contribution in [0.15, 0.2) is 194 Å². The van der Waals surface area contributed by atoms with Crippen LogP contribution in [0, 0.1) is 12.8 Å². The summed E-state index contributed by atoms with van der Waals surface area (Å²) in [6, 6.07) is 79.3. The molecule has 0 amide bonds. The highest BCUT2D eigenvalue weighted by Gasteiger charge is 2.34. The Morgan fingerprint density at radius 3 is 1.02 bits per heavy atom. The quantitative estimate of drug-likeness (QED) is 0.0781. The molecule has 0 N–H and O–H groups in total. The molecule has 7 unspecified atom stereocenters. The van der Waals surface area contributed by atoms with Crippen molar-refractivity contribution in [2.24, 2.45) is 5.92 Å². The molecule has 10 nitrogen and oxygen atoms in total. The summed E-state index contributed by atoms with van der Waals surface area (Å²) in [4.78, 5) is 25.7. The predicted octanol–water partition coefficient (Wildman–Crippen LogP) is 28.0. The van der Waals surface area contributed by atoms with Crippen molar-refractivity contribution in [1.82, 2.24) is 49.0 Å². The summed E-state index contributed by atoms with van der Waals surface area (Å²) >= 11 is 11.9. The minimum Gasteiger partial charge on any atom is -0.301 e. The lowest BCUT2D eigenvalue weighted by atomic mass is 9.99. The maximum absolute atomic E-state index is 6.03. The Morgan fingerprint density at radius 2 is 0.606 bits per heavy atom. The molecule has 0 spiro atoms. The van der Waals surface area contributed by atoms with Gasteiger partial charge in [-0.2, -0.15) is 0 Å². The van der Waals surface area contributed by atoms with Crippen LogP contribution >= 0.6 is 23.2 Å². The predicted molar refractivity (Wildman–Crippen MR) is 554 cm³/mol. The first-order valence-electron chi connectivity index (χ1n) is 51.3. The molecule has 10 aliphatic heterocycles. The van der Waals surface area contributed by atoms with Gasteiger partial charge in [-0.25, -0.2) is 0 Å². The van der Waals surface area contributed by atoms with Crippen LogP contribution in [-0.4, -0.2) is 214 Å². The van der Waals surface area contributed by atoms with Gasteiger partial charge in [-0.15, -0.1) is 0 Å². The summed E-state index contributed by atoms with van der Waals surface area (Å²) in [5.74, 6) is 1.63. The Balaban J connectivity index is 0.000000176. The van der Waals surface area contributed by atoms with Gasteiger partial charge in [0.2, 0.25) is 0 Å². The number of hydrogen-bond acceptors (Lipinski definition) is 10. The number of hydrogen-bond donors (Lipinski definition) is 0. The van der Waals surface area contributed by atoms with Crippen LogP contribution in [0.1, 0.15) is 329 Å². The number of likely N-dealkylation sites (tertiary alicyclic amines) is 10. The van der Waals surface area contributed by atoms with Crippen molar-refractivity contribution >= 4 is 23.2 Å². The molecule has 0 bridgehead atoms. The monoisotopic (exact) mass is 1770 g/mol. The summed E-state index contributed by atoms with van der Waals surface area (Å²) in [6.07, 6.45) is 26.9. The number of halogens is 2. The third-order valence-electron chi connectivity index (χ3n) is 28.7. The number of piperidine rings is 1. The lowest BCUT2D eigenvalue weighted by Crippen LogP contribution is -2.41. The molecule has 706 valence electrons. The third kappa shape index (κ3) is 36.9. The lowest BCUT2D eigenvalue weighted by molar-refractivity contribution is 0.138. The largest absolute Gasteiger partial charge is 0.301 e. The van der Waals surface area contributed by atoms with E-state index < -0.39 is 0 Å². The molecule has 10 fully saturated rings. The minimum absolute atomic E-state index is 0.573. The van der Waals surface area contributed by atoms with Gasteiger partial charge in [0.05, 0.1) is 0 Å². The second kappa shape index (κ2) is 58.0. The van der Waals surface area contributed by atoms with Gasteiger partial charge in [-0.05, 0) is 433 Å². The Labute approximate surface area is 790 Å². The number of aryl methyl sites for hydroxylation is 1. The first-order valence-corrected chi connectivity index (χ1v) is 52.1. The summed E-state index contributed by atoms with van der Waals surface area (Å²) < 4.78 is 0. The van der Waals surface area contributed by atoms with E-state index in [1.165, 1.54) is 271 Å². The fourth-order valence-electron chi connectivity index (χ4n) is 21.0. The van der Waals surface area contributed by atoms with Gasteiger partial charge >= 0.3 is 0 Å². The summed E-state index contributed by atoms with van der Waals surface area (Å²) in [5, 5.41) is 1.68. The molecule has 0 aliphatic carbocycles. The van der Waals surface area contributed by atoms with Crippen LogP contribution in [0.2, 0.25) is 10.0 Å². The van der Waals surface area contributed by atoms with Crippen LogP contribution in [0.4, 0.5) is 0 Å². The van der Waals surface area contributed by atoms with E-state index in [0.717, 1.165) is 46.0 Å². The van der Waals surface area contributed by atoms with Gasteiger partial charge in [0.15, 0.2) is 0 Å². The van der Waals surface area contributed by atoms with Crippen LogP contribution in [0.5, 0.6) is 0 Å². The number of benzene rings is 7. The summed E-state index contributed by atoms with van der Waals surface area (Å²) in [7, 11) is 0. The van der Waals surface area contributed by atoms with Gasteiger partial charge in [-0.1, -0.05) is 199 Å². The average molecular weight is 1780 g/mol. The zero-order chi connectivity index (χ0) is 91.7. The Morgan fingerprint density at radius 1 is 0.252 bits per heavy atom. The zero-order valence-corrected chi connectivity index (χ0v) is 85.8. The number of nitrogens with zero attached hydrogens (tertiary/aromatic N) is 10. The van der Waals surface area contributed by atoms with Gasteiger partial charge < -0.3 is 24.5 Å². The van der Waals surface area contributed by atoms with Crippen LogP contribution in [-0.2, 0) is 12.8 Å². The topological polar surface area (TPSA) is 32.4 Å². The van der Waals surface area contributed by atoms with Crippen molar-refractivity contribution in [2.45, 2.75) is 370 Å². The molecule has 0 saturated carbocycles. The van der Waals surface area contributed by atoms with Gasteiger partial charge in [-0.3, -0.25) is 24.5 Å². The lowest BCUT2D eigenvalue weighted by Gasteiger charge is -2.34. The molecule has 10 saturated heterocycles. The smallest absolute Gasteiger partial charge is 0.0409 e. The Kier molecular flexibility index (Phi) is 48.9. The maximum Gasteiger partial charge on any atom is 0.0409 e. The minimum atomic E-state index is 0.573. The highest BCUT2D eigenvalue weighted by Crippen LogP contribution is 2.39. The molecule has 7 atom stereocenters. The molecule has 7 aromatic rings. The second-order valence-corrected chi connectivity index (χ2v) is 42.0. The van der Waals surface area contributed by atoms with Gasteiger partial charge in [0.25, 0.3) is 0 Å². The van der Waals surface area contributed by atoms with Crippen molar-refractivity contribution < 1.29 is 0 Å². The number of rotatable bonds is 19. The molecule has 17 rings (SSSR count). The SMILES string of the molecule is CC(C)N1CCC(Cc2ccccc2)C1.CC(C)N1CCC(c2ccccc2)C1.CC(C)N1CCC1.CC(C)N1CCCC1.CC(C)N1CCCC1Cc1ccccc1.CC(C)N1CCCC1c1ccc(Cl)cc1.CC(C)N1CCCC1c1cccc(Cl)c1.CC(C)N1CCCC1c1ccccc1.CC(C)N1CCCCC1.Cc1ccccc1C1CCCN1C(C)C. The van der Waals surface area contributed by atoms with Crippen molar-refractivity contribution in [3.8, 4) is 0 Å². The fraction of sp³-hybridized carbons (Fsp3) is 0.635. The zero-order valence-electron chi connectivity index (χ0n) is 84.3. The van der Waals surface area contributed by atoms with E-state index in [9.17, 15) is 0 Å². The van der Waals surface area contributed by atoms with E-state index in [1.54, 1.807) is 0 Å². The normalized spacial score (nSPS) is 22.7. The fourth-order valence-corrected chi connectivity index (χ4v) is 21.3. The van der Waals surface area contributed by atoms with Crippen LogP contribution < -0.4 is 0 Å². The Hall–Kier alpha value is -5.28. The molecule has 12 heteroatoms. The van der Waals surface area contributed by atoms with Crippen molar-refractivity contribution in [3.05, 3.63) is 249 Å². The molecule has 10 heterocycles. The van der Waals surface area contributed by atoms with E-state index in [-0.39, 0.29) is 0 Å². The summed E-state index contributed by atoms with van der Waals surface area (Å²) in [6.45, 7) is 67.2. The highest BCUT2D eigenvalue weighted by atomic mass is 35.5. The van der Waals surface area contributed by atoms with E-state index in [0.29, 0.717) is 66.5 Å². The molecule has 7 aromatic carbocycles. The summed E-state index contributed by atoms with van der Waals surface area (Å²) in [5.41, 5.74) is 11.7. The van der Waals surface area contributed by atoms with Gasteiger partial charge in [0, 0.05) is 114 Å². The highest BCUT2D eigenvalue weighted by molar-refractivity contribution is 6.30. The molecular formula is C115H182Cl2N10. The molecule has 0 radical (unpaired) electrons. The van der Waals surface area contributed by atoms with Crippen molar-refractivity contribution in [1.29, 1.82) is 0 Å². The average Bonchev–Trinajstić information content (AvgIpc) is 1.76. The molecule has 10 aliphatic rings. The van der Waals surface area contributed by atoms with Crippen molar-refractivity contribution in [3.63, 3.8) is 0 Å². The van der Waals surface area contributed by atoms with Crippen LogP contribution in [0.25, 0.3) is 0 Å². The van der Waals surface area contributed by atoms with E-state index in [1.807, 2.05) is 18.2 Å². The van der Waals surface area contributed by atoms with E-state index in [4.69, 9.17) is 23.2 Å². The molecule has 0 aromatic heterocycles. The van der Waals surface area contributed by atoms with Gasteiger partial charge in [0.1, 0.15) is 0 Å². The maximum atomic E-state index is 6.03. The van der Waals surface area contributed by atoms with E-state index in [2.05, 4.69) is 370 Å². The second-order valence-electron chi connectivity index (χ2n) is 41.1.